The molecule has 0 atom stereocenters. The minimum atomic E-state index is -0.242. The third kappa shape index (κ3) is 2.55. The smallest absolute Gasteiger partial charge is 0.154 e. The summed E-state index contributed by atoms with van der Waals surface area (Å²) in [7, 11) is 2.11. The van der Waals surface area contributed by atoms with Gasteiger partial charge in [-0.1, -0.05) is 0 Å². The molecule has 23 heavy (non-hydrogen) atoms. The predicted molar refractivity (Wildman–Crippen MR) is 88.1 cm³/mol. The summed E-state index contributed by atoms with van der Waals surface area (Å²) >= 11 is 0. The number of halogens is 1. The molecule has 0 N–H and O–H groups in total. The van der Waals surface area contributed by atoms with E-state index in [1.165, 1.54) is 0 Å². The number of rotatable bonds is 2. The van der Waals surface area contributed by atoms with Gasteiger partial charge in [0, 0.05) is 43.6 Å². The van der Waals surface area contributed by atoms with Crippen LogP contribution < -0.4 is 4.90 Å². The van der Waals surface area contributed by atoms with Gasteiger partial charge in [-0.2, -0.15) is 5.10 Å². The van der Waals surface area contributed by atoms with E-state index < -0.39 is 0 Å². The van der Waals surface area contributed by atoms with Gasteiger partial charge < -0.3 is 9.80 Å². The minimum absolute atomic E-state index is 0.242. The molecule has 1 aromatic carbocycles. The third-order valence-corrected chi connectivity index (χ3v) is 4.37. The van der Waals surface area contributed by atoms with E-state index in [2.05, 4.69) is 26.9 Å². The lowest BCUT2D eigenvalue weighted by molar-refractivity contribution is 0.313. The van der Waals surface area contributed by atoms with Crippen molar-refractivity contribution in [3.05, 3.63) is 48.5 Å². The van der Waals surface area contributed by atoms with Crippen molar-refractivity contribution < 1.29 is 4.39 Å². The van der Waals surface area contributed by atoms with Crippen LogP contribution in [-0.2, 0) is 0 Å². The Kier molecular flexibility index (Phi) is 3.46. The Morgan fingerprint density at radius 2 is 1.91 bits per heavy atom. The van der Waals surface area contributed by atoms with Gasteiger partial charge in [0.15, 0.2) is 5.65 Å². The molecule has 4 rings (SSSR count). The number of anilines is 1. The van der Waals surface area contributed by atoms with Crippen LogP contribution in [0.3, 0.4) is 0 Å². The average molecular weight is 311 g/mol. The maximum Gasteiger partial charge on any atom is 0.154 e. The maximum atomic E-state index is 14.7. The average Bonchev–Trinajstić information content (AvgIpc) is 2.99. The zero-order valence-corrected chi connectivity index (χ0v) is 13.0. The van der Waals surface area contributed by atoms with E-state index in [1.54, 1.807) is 23.0 Å². The van der Waals surface area contributed by atoms with Crippen molar-refractivity contribution in [2.45, 2.75) is 0 Å². The molecule has 0 spiro atoms. The van der Waals surface area contributed by atoms with Crippen LogP contribution in [-0.4, -0.2) is 52.7 Å². The SMILES string of the molecule is CN1CCN(c2ccc(-c3cnc4cccnn34)c(F)c2)CC1. The lowest BCUT2D eigenvalue weighted by atomic mass is 10.1. The highest BCUT2D eigenvalue weighted by molar-refractivity contribution is 5.66. The first-order chi connectivity index (χ1) is 11.2. The molecule has 0 saturated carbocycles. The minimum Gasteiger partial charge on any atom is -0.369 e. The van der Waals surface area contributed by atoms with Crippen LogP contribution in [0.15, 0.2) is 42.7 Å². The molecule has 3 heterocycles. The van der Waals surface area contributed by atoms with Gasteiger partial charge in [0.1, 0.15) is 5.82 Å². The van der Waals surface area contributed by atoms with Crippen LogP contribution in [0.25, 0.3) is 16.9 Å². The standard InChI is InChI=1S/C17H18FN5/c1-21-7-9-22(10-8-21)13-4-5-14(15(18)11-13)16-12-19-17-3-2-6-20-23(16)17/h2-6,11-12H,7-10H2,1H3. The van der Waals surface area contributed by atoms with E-state index in [-0.39, 0.29) is 5.82 Å². The van der Waals surface area contributed by atoms with Gasteiger partial charge in [0.05, 0.1) is 11.9 Å². The molecule has 0 amide bonds. The maximum absolute atomic E-state index is 14.7. The normalized spacial score (nSPS) is 16.2. The Balaban J connectivity index is 1.68. The summed E-state index contributed by atoms with van der Waals surface area (Å²) in [6, 6.07) is 9.09. The van der Waals surface area contributed by atoms with Crippen LogP contribution in [0.2, 0.25) is 0 Å². The van der Waals surface area contributed by atoms with Crippen LogP contribution in [0.4, 0.5) is 10.1 Å². The topological polar surface area (TPSA) is 36.7 Å². The Morgan fingerprint density at radius 1 is 1.09 bits per heavy atom. The second-order valence-corrected chi connectivity index (χ2v) is 5.89. The van der Waals surface area contributed by atoms with Crippen molar-refractivity contribution in [3.63, 3.8) is 0 Å². The summed E-state index contributed by atoms with van der Waals surface area (Å²) in [4.78, 5) is 8.78. The fraction of sp³-hybridized carbons (Fsp3) is 0.294. The Labute approximate surface area is 134 Å². The Bertz CT molecular complexity index is 836. The molecule has 1 saturated heterocycles. The molecule has 0 unspecified atom stereocenters. The largest absolute Gasteiger partial charge is 0.369 e. The molecule has 0 aliphatic carbocycles. The number of likely N-dealkylation sites (N-methyl/N-ethyl adjacent to an activating group) is 1. The summed E-state index contributed by atoms with van der Waals surface area (Å²) in [5, 5.41) is 4.25. The summed E-state index contributed by atoms with van der Waals surface area (Å²) in [5.74, 6) is -0.242. The van der Waals surface area contributed by atoms with Gasteiger partial charge in [0.25, 0.3) is 0 Å². The predicted octanol–water partition coefficient (Wildman–Crippen LogP) is 2.29. The lowest BCUT2D eigenvalue weighted by Gasteiger charge is -2.34. The zero-order valence-electron chi connectivity index (χ0n) is 13.0. The lowest BCUT2D eigenvalue weighted by Crippen LogP contribution is -2.44. The number of fused-ring (bicyclic) bond motifs is 1. The first-order valence-electron chi connectivity index (χ1n) is 7.74. The molecule has 0 bridgehead atoms. The second kappa shape index (κ2) is 5.62. The summed E-state index contributed by atoms with van der Waals surface area (Å²) < 4.78 is 16.3. The Morgan fingerprint density at radius 3 is 2.70 bits per heavy atom. The highest BCUT2D eigenvalue weighted by Gasteiger charge is 2.17. The summed E-state index contributed by atoms with van der Waals surface area (Å²) in [5.41, 5.74) is 2.84. The van der Waals surface area contributed by atoms with E-state index in [0.717, 1.165) is 31.9 Å². The number of piperazine rings is 1. The molecule has 5 nitrogen and oxygen atoms in total. The highest BCUT2D eigenvalue weighted by Crippen LogP contribution is 2.27. The second-order valence-electron chi connectivity index (χ2n) is 5.89. The number of aromatic nitrogens is 3. The van der Waals surface area contributed by atoms with Crippen molar-refractivity contribution in [3.8, 4) is 11.3 Å². The molecule has 6 heteroatoms. The van der Waals surface area contributed by atoms with Crippen molar-refractivity contribution in [1.29, 1.82) is 0 Å². The van der Waals surface area contributed by atoms with Gasteiger partial charge in [-0.3, -0.25) is 0 Å². The highest BCUT2D eigenvalue weighted by atomic mass is 19.1. The molecule has 1 aliphatic heterocycles. The van der Waals surface area contributed by atoms with E-state index in [0.29, 0.717) is 16.9 Å². The van der Waals surface area contributed by atoms with Crippen LogP contribution in [0.5, 0.6) is 0 Å². The molecule has 1 fully saturated rings. The van der Waals surface area contributed by atoms with E-state index in [1.807, 2.05) is 24.3 Å². The molecular formula is C17H18FN5. The quantitative estimate of drug-likeness (QED) is 0.727. The zero-order chi connectivity index (χ0) is 15.8. The monoisotopic (exact) mass is 311 g/mol. The fourth-order valence-electron chi connectivity index (χ4n) is 2.99. The third-order valence-electron chi connectivity index (χ3n) is 4.37. The van der Waals surface area contributed by atoms with Crippen LogP contribution >= 0.6 is 0 Å². The van der Waals surface area contributed by atoms with Crippen LogP contribution in [0, 0.1) is 5.82 Å². The number of hydrogen-bond donors (Lipinski definition) is 0. The molecule has 118 valence electrons. The summed E-state index contributed by atoms with van der Waals surface area (Å²) in [6.45, 7) is 3.85. The van der Waals surface area contributed by atoms with E-state index >= 15 is 0 Å². The number of benzene rings is 1. The van der Waals surface area contributed by atoms with Crippen LogP contribution in [0.1, 0.15) is 0 Å². The number of imidazole rings is 1. The van der Waals surface area contributed by atoms with Crippen molar-refractivity contribution in [2.24, 2.45) is 0 Å². The van der Waals surface area contributed by atoms with Crippen molar-refractivity contribution in [2.75, 3.05) is 38.1 Å². The number of hydrogen-bond acceptors (Lipinski definition) is 4. The van der Waals surface area contributed by atoms with E-state index in [4.69, 9.17) is 0 Å². The first-order valence-corrected chi connectivity index (χ1v) is 7.74. The number of nitrogens with zero attached hydrogens (tertiary/aromatic N) is 5. The van der Waals surface area contributed by atoms with E-state index in [9.17, 15) is 4.39 Å². The van der Waals surface area contributed by atoms with Crippen molar-refractivity contribution >= 4 is 11.3 Å². The Hall–Kier alpha value is -2.47. The molecule has 3 aromatic rings. The van der Waals surface area contributed by atoms with Gasteiger partial charge in [0.2, 0.25) is 0 Å². The first kappa shape index (κ1) is 14.1. The fourth-order valence-corrected chi connectivity index (χ4v) is 2.99. The molecule has 1 aliphatic rings. The molecule has 2 aromatic heterocycles. The summed E-state index contributed by atoms with van der Waals surface area (Å²) in [6.07, 6.45) is 3.34. The van der Waals surface area contributed by atoms with Gasteiger partial charge >= 0.3 is 0 Å². The molecular weight excluding hydrogens is 293 g/mol. The van der Waals surface area contributed by atoms with Gasteiger partial charge in [-0.25, -0.2) is 13.9 Å². The molecule has 0 radical (unpaired) electrons. The van der Waals surface area contributed by atoms with Gasteiger partial charge in [-0.15, -0.1) is 0 Å². The van der Waals surface area contributed by atoms with Crippen molar-refractivity contribution in [1.82, 2.24) is 19.5 Å². The van der Waals surface area contributed by atoms with Gasteiger partial charge in [-0.05, 0) is 37.4 Å².